The summed E-state index contributed by atoms with van der Waals surface area (Å²) in [6.45, 7) is 12.8. The number of carbonyl (C=O) groups excluding carboxylic acids is 1. The SMILES string of the molecule is COC(=O)CCC(C)C1CCC2C3C[C@H](C)[C@@H]4C[C@H](C)CCC4(C)C3CCC12C. The van der Waals surface area contributed by atoms with Gasteiger partial charge in [0.15, 0.2) is 0 Å². The normalized spacial score (nSPS) is 50.2. The minimum atomic E-state index is -0.0353. The zero-order chi connectivity index (χ0) is 21.0. The maximum absolute atomic E-state index is 11.7. The highest BCUT2D eigenvalue weighted by molar-refractivity contribution is 5.69. The van der Waals surface area contributed by atoms with E-state index in [4.69, 9.17) is 4.74 Å². The van der Waals surface area contributed by atoms with E-state index in [1.54, 1.807) is 0 Å². The Balaban J connectivity index is 1.52. The summed E-state index contributed by atoms with van der Waals surface area (Å²) >= 11 is 0. The van der Waals surface area contributed by atoms with Crippen LogP contribution < -0.4 is 0 Å². The molecule has 0 radical (unpaired) electrons. The number of carbonyl (C=O) groups is 1. The van der Waals surface area contributed by atoms with Crippen molar-refractivity contribution in [2.45, 2.75) is 98.8 Å². The van der Waals surface area contributed by atoms with E-state index in [0.29, 0.717) is 23.2 Å². The van der Waals surface area contributed by atoms with Gasteiger partial charge in [0.1, 0.15) is 0 Å². The molecular formula is C27H46O2. The molecule has 0 bridgehead atoms. The molecule has 29 heavy (non-hydrogen) atoms. The second-order valence-corrected chi connectivity index (χ2v) is 12.4. The quantitative estimate of drug-likeness (QED) is 0.468. The van der Waals surface area contributed by atoms with Gasteiger partial charge in [-0.1, -0.05) is 41.0 Å². The summed E-state index contributed by atoms with van der Waals surface area (Å²) in [6, 6.07) is 0. The van der Waals surface area contributed by atoms with Gasteiger partial charge < -0.3 is 4.74 Å². The average molecular weight is 403 g/mol. The van der Waals surface area contributed by atoms with E-state index in [9.17, 15) is 4.79 Å². The molecule has 4 aliphatic rings. The molecule has 0 amide bonds. The van der Waals surface area contributed by atoms with Gasteiger partial charge in [0.25, 0.3) is 0 Å². The van der Waals surface area contributed by atoms with Crippen LogP contribution in [-0.4, -0.2) is 13.1 Å². The van der Waals surface area contributed by atoms with Crippen molar-refractivity contribution >= 4 is 5.97 Å². The summed E-state index contributed by atoms with van der Waals surface area (Å²) in [7, 11) is 1.52. The van der Waals surface area contributed by atoms with Crippen LogP contribution in [0, 0.1) is 58.2 Å². The third kappa shape index (κ3) is 3.49. The lowest BCUT2D eigenvalue weighted by atomic mass is 9.42. The standard InChI is InChI=1S/C27H46O2/c1-17-11-13-27(5)23-12-14-26(4)21(18(2)7-10-25(28)29-6)8-9-22(26)20(23)16-19(3)24(27)15-17/h17-24H,7-16H2,1-6H3/t17-,18?,19+,20?,21?,22?,23?,24+,26?,27?/m1/s1. The maximum Gasteiger partial charge on any atom is 0.305 e. The molecule has 4 rings (SSSR count). The lowest BCUT2D eigenvalue weighted by Gasteiger charge is -2.63. The molecule has 0 aliphatic heterocycles. The molecule has 0 aromatic rings. The van der Waals surface area contributed by atoms with Gasteiger partial charge in [-0.25, -0.2) is 0 Å². The van der Waals surface area contributed by atoms with Crippen molar-refractivity contribution in [3.63, 3.8) is 0 Å². The summed E-state index contributed by atoms with van der Waals surface area (Å²) in [6.07, 6.45) is 13.2. The van der Waals surface area contributed by atoms with Crippen LogP contribution in [0.3, 0.4) is 0 Å². The van der Waals surface area contributed by atoms with Crippen molar-refractivity contribution in [1.82, 2.24) is 0 Å². The third-order valence-electron chi connectivity index (χ3n) is 11.1. The Morgan fingerprint density at radius 3 is 2.38 bits per heavy atom. The van der Waals surface area contributed by atoms with Crippen molar-refractivity contribution < 1.29 is 9.53 Å². The average Bonchev–Trinajstić information content (AvgIpc) is 3.05. The molecule has 0 aromatic heterocycles. The van der Waals surface area contributed by atoms with Gasteiger partial charge >= 0.3 is 5.97 Å². The molecule has 0 heterocycles. The van der Waals surface area contributed by atoms with Crippen LogP contribution in [0.4, 0.5) is 0 Å². The van der Waals surface area contributed by atoms with Crippen molar-refractivity contribution in [1.29, 1.82) is 0 Å². The van der Waals surface area contributed by atoms with Crippen LogP contribution in [-0.2, 0) is 9.53 Å². The fraction of sp³-hybridized carbons (Fsp3) is 0.963. The van der Waals surface area contributed by atoms with Crippen molar-refractivity contribution in [3.05, 3.63) is 0 Å². The second kappa shape index (κ2) is 7.86. The zero-order valence-corrected chi connectivity index (χ0v) is 20.0. The molecule has 2 heteroatoms. The van der Waals surface area contributed by atoms with Crippen LogP contribution in [0.1, 0.15) is 98.8 Å². The number of methoxy groups -OCH3 is 1. The minimum Gasteiger partial charge on any atom is -0.469 e. The van der Waals surface area contributed by atoms with E-state index in [-0.39, 0.29) is 5.97 Å². The molecule has 0 N–H and O–H groups in total. The molecule has 4 aliphatic carbocycles. The molecule has 0 saturated heterocycles. The first-order chi connectivity index (χ1) is 13.7. The van der Waals surface area contributed by atoms with E-state index in [2.05, 4.69) is 34.6 Å². The summed E-state index contributed by atoms with van der Waals surface area (Å²) in [5.41, 5.74) is 1.10. The van der Waals surface area contributed by atoms with Crippen LogP contribution in [0.15, 0.2) is 0 Å². The van der Waals surface area contributed by atoms with Crippen molar-refractivity contribution in [3.8, 4) is 0 Å². The number of hydrogen-bond acceptors (Lipinski definition) is 2. The molecule has 2 nitrogen and oxygen atoms in total. The lowest BCUT2D eigenvalue weighted by molar-refractivity contribution is -0.143. The Kier molecular flexibility index (Phi) is 5.88. The highest BCUT2D eigenvalue weighted by Gasteiger charge is 2.61. The molecule has 10 atom stereocenters. The van der Waals surface area contributed by atoms with Gasteiger partial charge in [0, 0.05) is 6.42 Å². The number of fused-ring (bicyclic) bond motifs is 5. The Bertz CT molecular complexity index is 614. The third-order valence-corrected chi connectivity index (χ3v) is 11.1. The smallest absolute Gasteiger partial charge is 0.305 e. The Morgan fingerprint density at radius 1 is 0.966 bits per heavy atom. The molecule has 0 spiro atoms. The predicted molar refractivity (Wildman–Crippen MR) is 119 cm³/mol. The summed E-state index contributed by atoms with van der Waals surface area (Å²) < 4.78 is 4.91. The fourth-order valence-corrected chi connectivity index (χ4v) is 9.56. The minimum absolute atomic E-state index is 0.0353. The molecule has 166 valence electrons. The Hall–Kier alpha value is -0.530. The zero-order valence-electron chi connectivity index (χ0n) is 20.0. The summed E-state index contributed by atoms with van der Waals surface area (Å²) in [4.78, 5) is 11.7. The lowest BCUT2D eigenvalue weighted by Crippen LogP contribution is -2.55. The molecule has 7 unspecified atom stereocenters. The number of rotatable bonds is 4. The van der Waals surface area contributed by atoms with Crippen LogP contribution in [0.25, 0.3) is 0 Å². The summed E-state index contributed by atoms with van der Waals surface area (Å²) in [5.74, 6) is 7.06. The van der Waals surface area contributed by atoms with E-state index >= 15 is 0 Å². The van der Waals surface area contributed by atoms with Crippen molar-refractivity contribution in [2.75, 3.05) is 7.11 Å². The van der Waals surface area contributed by atoms with Gasteiger partial charge in [0.05, 0.1) is 7.11 Å². The topological polar surface area (TPSA) is 26.3 Å². The number of ether oxygens (including phenoxy) is 1. The Morgan fingerprint density at radius 2 is 1.66 bits per heavy atom. The van der Waals surface area contributed by atoms with Crippen molar-refractivity contribution in [2.24, 2.45) is 58.2 Å². The molecule has 4 saturated carbocycles. The number of esters is 1. The van der Waals surface area contributed by atoms with Gasteiger partial charge in [0.2, 0.25) is 0 Å². The molecular weight excluding hydrogens is 356 g/mol. The van der Waals surface area contributed by atoms with Gasteiger partial charge in [-0.3, -0.25) is 4.79 Å². The largest absolute Gasteiger partial charge is 0.469 e. The Labute approximate surface area is 179 Å². The molecule has 0 aromatic carbocycles. The first kappa shape index (κ1) is 21.7. The monoisotopic (exact) mass is 402 g/mol. The fourth-order valence-electron chi connectivity index (χ4n) is 9.56. The van der Waals surface area contributed by atoms with E-state index in [1.165, 1.54) is 58.5 Å². The van der Waals surface area contributed by atoms with Crippen LogP contribution in [0.5, 0.6) is 0 Å². The molecule has 4 fully saturated rings. The number of hydrogen-bond donors (Lipinski definition) is 0. The van der Waals surface area contributed by atoms with Gasteiger partial charge in [-0.2, -0.15) is 0 Å². The highest BCUT2D eigenvalue weighted by Crippen LogP contribution is 2.69. The first-order valence-electron chi connectivity index (χ1n) is 12.8. The highest BCUT2D eigenvalue weighted by atomic mass is 16.5. The predicted octanol–water partition coefficient (Wildman–Crippen LogP) is 7.12. The van der Waals surface area contributed by atoms with E-state index in [1.807, 2.05) is 0 Å². The first-order valence-corrected chi connectivity index (χ1v) is 12.8. The maximum atomic E-state index is 11.7. The second-order valence-electron chi connectivity index (χ2n) is 12.4. The van der Waals surface area contributed by atoms with Crippen LogP contribution >= 0.6 is 0 Å². The van der Waals surface area contributed by atoms with E-state index < -0.39 is 0 Å². The summed E-state index contributed by atoms with van der Waals surface area (Å²) in [5, 5.41) is 0. The van der Waals surface area contributed by atoms with E-state index in [0.717, 1.165) is 47.8 Å². The van der Waals surface area contributed by atoms with Gasteiger partial charge in [-0.15, -0.1) is 0 Å². The van der Waals surface area contributed by atoms with Gasteiger partial charge in [-0.05, 0) is 110 Å². The van der Waals surface area contributed by atoms with Crippen LogP contribution in [0.2, 0.25) is 0 Å².